The molecular weight excluding hydrogens is 404 g/mol. The topological polar surface area (TPSA) is 74.3 Å². The molecule has 0 aliphatic carbocycles. The lowest BCUT2D eigenvalue weighted by molar-refractivity contribution is 0.873. The van der Waals surface area contributed by atoms with Gasteiger partial charge in [0.05, 0.1) is 6.54 Å². The molecule has 0 spiro atoms. The number of nitrogens with zero attached hydrogens (tertiary/aromatic N) is 1. The van der Waals surface area contributed by atoms with E-state index in [-0.39, 0.29) is 11.8 Å². The Morgan fingerprint density at radius 1 is 0.879 bits per heavy atom. The Kier molecular flexibility index (Phi) is 6.37. The second-order valence-electron chi connectivity index (χ2n) is 9.33. The molecule has 3 aromatic rings. The van der Waals surface area contributed by atoms with Crippen molar-refractivity contribution < 1.29 is 0 Å². The quantitative estimate of drug-likeness (QED) is 0.349. The van der Waals surface area contributed by atoms with E-state index in [1.165, 1.54) is 44.5 Å². The van der Waals surface area contributed by atoms with Gasteiger partial charge in [-0.3, -0.25) is 10.4 Å². The van der Waals surface area contributed by atoms with Crippen LogP contribution in [0.2, 0.25) is 0 Å². The van der Waals surface area contributed by atoms with Crippen LogP contribution >= 0.6 is 0 Å². The minimum Gasteiger partial charge on any atom is -0.384 e. The normalized spacial score (nSPS) is 15.0. The van der Waals surface area contributed by atoms with Gasteiger partial charge in [-0.15, -0.1) is 0 Å². The first-order chi connectivity index (χ1) is 15.7. The van der Waals surface area contributed by atoms with Crippen molar-refractivity contribution >= 4 is 11.7 Å². The Morgan fingerprint density at radius 2 is 1.48 bits per heavy atom. The average molecular weight is 439 g/mol. The van der Waals surface area contributed by atoms with Crippen molar-refractivity contribution in [3.8, 4) is 0 Å². The third-order valence-electron chi connectivity index (χ3n) is 6.85. The van der Waals surface area contributed by atoms with Gasteiger partial charge in [-0.2, -0.15) is 0 Å². The molecule has 2 unspecified atom stereocenters. The van der Waals surface area contributed by atoms with Gasteiger partial charge in [0.25, 0.3) is 0 Å². The van der Waals surface area contributed by atoms with E-state index in [0.29, 0.717) is 5.92 Å². The summed E-state index contributed by atoms with van der Waals surface area (Å²) < 4.78 is 0. The number of aryl methyl sites for hydroxylation is 3. The SMILES string of the molecule is Cc1cc(C(C)c2ccc(C(=N)N)cc2C)cc(C(C)c2ccc(C3=NCCN3)cc2C)c1. The molecule has 0 fully saturated rings. The van der Waals surface area contributed by atoms with E-state index in [2.05, 4.69) is 87.4 Å². The molecule has 1 aliphatic rings. The molecule has 4 N–H and O–H groups in total. The van der Waals surface area contributed by atoms with Gasteiger partial charge >= 0.3 is 0 Å². The lowest BCUT2D eigenvalue weighted by atomic mass is 9.83. The molecule has 4 heteroatoms. The summed E-state index contributed by atoms with van der Waals surface area (Å²) in [7, 11) is 0. The van der Waals surface area contributed by atoms with Crippen molar-refractivity contribution in [3.05, 3.63) is 105 Å². The van der Waals surface area contributed by atoms with Crippen molar-refractivity contribution in [1.29, 1.82) is 5.41 Å². The van der Waals surface area contributed by atoms with Crippen LogP contribution in [0.4, 0.5) is 0 Å². The Hall–Kier alpha value is -3.40. The van der Waals surface area contributed by atoms with Gasteiger partial charge < -0.3 is 11.1 Å². The summed E-state index contributed by atoms with van der Waals surface area (Å²) in [5.41, 5.74) is 16.6. The minimum atomic E-state index is 0.112. The zero-order valence-electron chi connectivity index (χ0n) is 20.3. The standard InChI is InChI=1S/C29H34N4/c1-17-12-24(20(4)26-8-6-22(28(30)31)14-18(26)2)16-25(13-17)21(5)27-9-7-23(15-19(27)3)29-32-10-11-33-29/h6-9,12-16,20-21H,10-11H2,1-5H3,(H3,30,31)(H,32,33). The van der Waals surface area contributed by atoms with Gasteiger partial charge in [0.2, 0.25) is 0 Å². The highest BCUT2D eigenvalue weighted by Gasteiger charge is 2.18. The van der Waals surface area contributed by atoms with Crippen LogP contribution in [0.3, 0.4) is 0 Å². The molecule has 3 aromatic carbocycles. The van der Waals surface area contributed by atoms with Gasteiger partial charge in [-0.1, -0.05) is 61.9 Å². The van der Waals surface area contributed by atoms with E-state index < -0.39 is 0 Å². The molecule has 0 radical (unpaired) electrons. The van der Waals surface area contributed by atoms with Crippen molar-refractivity contribution in [2.75, 3.05) is 13.1 Å². The Bertz CT molecular complexity index is 1240. The van der Waals surface area contributed by atoms with Gasteiger partial charge in [0, 0.05) is 29.5 Å². The first-order valence-corrected chi connectivity index (χ1v) is 11.7. The number of benzene rings is 3. The fraction of sp³-hybridized carbons (Fsp3) is 0.310. The maximum atomic E-state index is 7.71. The van der Waals surface area contributed by atoms with Crippen LogP contribution in [-0.2, 0) is 0 Å². The lowest BCUT2D eigenvalue weighted by Crippen LogP contribution is -2.19. The Morgan fingerprint density at radius 3 is 2.00 bits per heavy atom. The molecule has 4 rings (SSSR count). The average Bonchev–Trinajstić information content (AvgIpc) is 3.32. The molecule has 0 saturated carbocycles. The second kappa shape index (κ2) is 9.22. The predicted molar refractivity (Wildman–Crippen MR) is 139 cm³/mol. The van der Waals surface area contributed by atoms with Crippen LogP contribution in [0.25, 0.3) is 0 Å². The number of hydrogen-bond acceptors (Lipinski definition) is 3. The number of nitrogens with two attached hydrogens (primary N) is 1. The lowest BCUT2D eigenvalue weighted by Gasteiger charge is -2.21. The van der Waals surface area contributed by atoms with Crippen molar-refractivity contribution in [3.63, 3.8) is 0 Å². The van der Waals surface area contributed by atoms with E-state index in [1.807, 2.05) is 12.1 Å². The van der Waals surface area contributed by atoms with Crippen molar-refractivity contribution in [2.45, 2.75) is 46.5 Å². The molecule has 0 bridgehead atoms. The van der Waals surface area contributed by atoms with Crippen LogP contribution in [0, 0.1) is 26.2 Å². The van der Waals surface area contributed by atoms with E-state index >= 15 is 0 Å². The third-order valence-corrected chi connectivity index (χ3v) is 6.85. The summed E-state index contributed by atoms with van der Waals surface area (Å²) in [6.07, 6.45) is 0. The molecule has 4 nitrogen and oxygen atoms in total. The van der Waals surface area contributed by atoms with Crippen molar-refractivity contribution in [2.24, 2.45) is 10.7 Å². The summed E-state index contributed by atoms with van der Waals surface area (Å²) in [5.74, 6) is 1.67. The maximum Gasteiger partial charge on any atom is 0.128 e. The third kappa shape index (κ3) is 4.70. The molecule has 1 heterocycles. The van der Waals surface area contributed by atoms with Crippen LogP contribution in [0.15, 0.2) is 59.6 Å². The highest BCUT2D eigenvalue weighted by Crippen LogP contribution is 2.33. The van der Waals surface area contributed by atoms with Crippen LogP contribution in [0.5, 0.6) is 0 Å². The minimum absolute atomic E-state index is 0.112. The highest BCUT2D eigenvalue weighted by molar-refractivity contribution is 6.00. The summed E-state index contributed by atoms with van der Waals surface area (Å²) >= 11 is 0. The van der Waals surface area contributed by atoms with E-state index in [9.17, 15) is 0 Å². The van der Waals surface area contributed by atoms with Gasteiger partial charge in [-0.05, 0) is 66.3 Å². The summed E-state index contributed by atoms with van der Waals surface area (Å²) in [6, 6.07) is 19.7. The monoisotopic (exact) mass is 438 g/mol. The molecule has 0 saturated heterocycles. The summed E-state index contributed by atoms with van der Waals surface area (Å²) in [4.78, 5) is 4.56. The van der Waals surface area contributed by atoms with E-state index in [4.69, 9.17) is 11.1 Å². The number of amidine groups is 2. The smallest absolute Gasteiger partial charge is 0.128 e. The fourth-order valence-electron chi connectivity index (χ4n) is 4.93. The van der Waals surface area contributed by atoms with Gasteiger partial charge in [0.1, 0.15) is 11.7 Å². The van der Waals surface area contributed by atoms with Crippen molar-refractivity contribution in [1.82, 2.24) is 5.32 Å². The molecule has 0 amide bonds. The molecule has 1 aliphatic heterocycles. The number of hydrogen-bond donors (Lipinski definition) is 3. The maximum absolute atomic E-state index is 7.71. The van der Waals surface area contributed by atoms with Gasteiger partial charge in [-0.25, -0.2) is 0 Å². The second-order valence-corrected chi connectivity index (χ2v) is 9.33. The molecule has 170 valence electrons. The highest BCUT2D eigenvalue weighted by atomic mass is 15.1. The zero-order chi connectivity index (χ0) is 23.7. The summed E-state index contributed by atoms with van der Waals surface area (Å²) in [6.45, 7) is 12.8. The molecule has 2 atom stereocenters. The predicted octanol–water partition coefficient (Wildman–Crippen LogP) is 5.55. The fourth-order valence-corrected chi connectivity index (χ4v) is 4.93. The van der Waals surface area contributed by atoms with E-state index in [1.54, 1.807) is 0 Å². The van der Waals surface area contributed by atoms with E-state index in [0.717, 1.165) is 24.5 Å². The Labute approximate surface area is 197 Å². The van der Waals surface area contributed by atoms with Crippen LogP contribution < -0.4 is 11.1 Å². The largest absolute Gasteiger partial charge is 0.384 e. The molecule has 0 aromatic heterocycles. The van der Waals surface area contributed by atoms with Gasteiger partial charge in [0.15, 0.2) is 0 Å². The van der Waals surface area contributed by atoms with Crippen LogP contribution in [-0.4, -0.2) is 24.8 Å². The number of nitrogens with one attached hydrogen (secondary N) is 2. The number of aliphatic imine (C=N–C) groups is 1. The zero-order valence-corrected chi connectivity index (χ0v) is 20.3. The molecule has 33 heavy (non-hydrogen) atoms. The first kappa shape index (κ1) is 22.8. The number of rotatable bonds is 6. The number of nitrogen functional groups attached to an aromatic ring is 1. The Balaban J connectivity index is 1.65. The summed E-state index contributed by atoms with van der Waals surface area (Å²) in [5, 5.41) is 11.1. The van der Waals surface area contributed by atoms with Crippen LogP contribution in [0.1, 0.15) is 75.8 Å². The molecular formula is C29H34N4. The first-order valence-electron chi connectivity index (χ1n) is 11.7.